The number of rotatable bonds is 5. The number of hydrogen-bond acceptors (Lipinski definition) is 6. The van der Waals surface area contributed by atoms with Crippen LogP contribution in [0.3, 0.4) is 0 Å². The van der Waals surface area contributed by atoms with Gasteiger partial charge in [-0.05, 0) is 61.3 Å². The Kier molecular flexibility index (Phi) is 4.12. The normalized spacial score (nSPS) is 40.3. The molecule has 1 aromatic carbocycles. The molecule has 176 valence electrons. The van der Waals surface area contributed by atoms with Crippen LogP contribution in [0.15, 0.2) is 36.4 Å². The lowest BCUT2D eigenvalue weighted by Gasteiger charge is -2.33. The van der Waals surface area contributed by atoms with E-state index in [0.29, 0.717) is 17.9 Å². The number of carbonyl (C=O) groups excluding carboxylic acids is 4. The van der Waals surface area contributed by atoms with Crippen LogP contribution in [0.25, 0.3) is 0 Å². The lowest BCUT2D eigenvalue weighted by Crippen LogP contribution is -2.49. The quantitative estimate of drug-likeness (QED) is 0.378. The summed E-state index contributed by atoms with van der Waals surface area (Å²) in [6.45, 7) is -0.131. The fourth-order valence-electron chi connectivity index (χ4n) is 7.81. The van der Waals surface area contributed by atoms with Crippen LogP contribution in [-0.2, 0) is 23.9 Å². The molecule has 4 aliphatic carbocycles. The molecular weight excluding hydrogens is 436 g/mol. The highest BCUT2D eigenvalue weighted by Crippen LogP contribution is 2.58. The zero-order valence-corrected chi connectivity index (χ0v) is 18.8. The molecule has 8 nitrogen and oxygen atoms in total. The number of methoxy groups -OCH3 is 1. The van der Waals surface area contributed by atoms with Crippen LogP contribution in [0.2, 0.25) is 0 Å². The van der Waals surface area contributed by atoms with Crippen molar-refractivity contribution >= 4 is 29.4 Å². The molecule has 0 N–H and O–H groups in total. The Bertz CT molecular complexity index is 1110. The van der Waals surface area contributed by atoms with Crippen LogP contribution in [0.4, 0.5) is 5.69 Å². The molecule has 0 aromatic heterocycles. The van der Waals surface area contributed by atoms with Gasteiger partial charge in [0.2, 0.25) is 17.7 Å². The van der Waals surface area contributed by atoms with E-state index in [1.165, 1.54) is 9.80 Å². The van der Waals surface area contributed by atoms with Gasteiger partial charge in [-0.1, -0.05) is 12.2 Å². The first-order chi connectivity index (χ1) is 16.5. The van der Waals surface area contributed by atoms with Crippen LogP contribution < -0.4 is 9.64 Å². The summed E-state index contributed by atoms with van der Waals surface area (Å²) >= 11 is 0. The smallest absolute Gasteiger partial charge is 0.310 e. The molecule has 2 saturated heterocycles. The van der Waals surface area contributed by atoms with Crippen molar-refractivity contribution in [1.82, 2.24) is 4.90 Å². The number of allylic oxidation sites excluding steroid dienone is 2. The molecule has 9 atom stereocenters. The maximum atomic E-state index is 14.0. The number of ether oxygens (including phenoxy) is 2. The number of fused-ring (bicyclic) bond motifs is 6. The van der Waals surface area contributed by atoms with E-state index in [-0.39, 0.29) is 72.0 Å². The van der Waals surface area contributed by atoms with Crippen molar-refractivity contribution in [3.8, 4) is 5.75 Å². The van der Waals surface area contributed by atoms with Gasteiger partial charge in [-0.25, -0.2) is 0 Å². The summed E-state index contributed by atoms with van der Waals surface area (Å²) in [5.74, 6) is -1.37. The second-order valence-corrected chi connectivity index (χ2v) is 10.6. The predicted molar refractivity (Wildman–Crippen MR) is 118 cm³/mol. The Morgan fingerprint density at radius 1 is 1.00 bits per heavy atom. The van der Waals surface area contributed by atoms with E-state index >= 15 is 0 Å². The Morgan fingerprint density at radius 2 is 1.68 bits per heavy atom. The minimum absolute atomic E-state index is 0.0647. The lowest BCUT2D eigenvalue weighted by atomic mass is 9.79. The maximum absolute atomic E-state index is 14.0. The number of likely N-dealkylation sites (tertiary alicyclic amines) is 1. The summed E-state index contributed by atoms with van der Waals surface area (Å²) < 4.78 is 10.8. The summed E-state index contributed by atoms with van der Waals surface area (Å²) in [7, 11) is 1.57. The van der Waals surface area contributed by atoms with E-state index < -0.39 is 11.8 Å². The van der Waals surface area contributed by atoms with Crippen molar-refractivity contribution in [2.24, 2.45) is 47.3 Å². The lowest BCUT2D eigenvalue weighted by molar-refractivity contribution is -0.146. The van der Waals surface area contributed by atoms with Crippen LogP contribution in [0, 0.1) is 47.3 Å². The molecule has 1 aromatic rings. The average Bonchev–Trinajstić information content (AvgIpc) is 3.66. The average molecular weight is 463 g/mol. The molecule has 0 radical (unpaired) electrons. The number of imide groups is 1. The number of nitrogens with zero attached hydrogens (tertiary/aromatic N) is 2. The van der Waals surface area contributed by atoms with Gasteiger partial charge in [-0.15, -0.1) is 0 Å². The third kappa shape index (κ3) is 2.54. The van der Waals surface area contributed by atoms with Gasteiger partial charge in [-0.3, -0.25) is 29.0 Å². The molecule has 3 saturated carbocycles. The highest BCUT2D eigenvalue weighted by molar-refractivity contribution is 6.08. The highest BCUT2D eigenvalue weighted by atomic mass is 16.6. The standard InChI is InChI=1S/C26H26N2O6/c1-33-16-6-4-15(5-7-16)27(23(29)21-14-9-17-18(10-14)34-26(32)22(17)21)11-28-24(30)19-12-2-3-13(8-12)20(19)25(28)31/h2-7,12-14,17-22H,8-11H2,1H3/t12-,13-,14+,17-,18-,19-,20+,21+,22+/m0/s1. The van der Waals surface area contributed by atoms with Gasteiger partial charge in [0.15, 0.2) is 0 Å². The SMILES string of the molecule is COc1ccc(N(CN2C(=O)[C@@H]3[C@H](C2=O)[C@H]2C=C[C@H]3C2)C(=O)[C@@H]2[C@@H]3C[C@@H]4[C@H]2C(=O)O[C@H]4C3)cc1. The number of hydrogen-bond donors (Lipinski definition) is 0. The minimum atomic E-state index is -0.483. The molecule has 0 unspecified atom stereocenters. The molecule has 0 spiro atoms. The van der Waals surface area contributed by atoms with E-state index in [1.807, 2.05) is 0 Å². The minimum Gasteiger partial charge on any atom is -0.497 e. The van der Waals surface area contributed by atoms with Gasteiger partial charge in [-0.2, -0.15) is 0 Å². The van der Waals surface area contributed by atoms with Crippen molar-refractivity contribution in [2.45, 2.75) is 25.4 Å². The van der Waals surface area contributed by atoms with Gasteiger partial charge in [0, 0.05) is 11.6 Å². The molecule has 8 heteroatoms. The van der Waals surface area contributed by atoms with Crippen LogP contribution in [-0.4, -0.2) is 48.5 Å². The molecule has 5 fully saturated rings. The van der Waals surface area contributed by atoms with Gasteiger partial charge in [0.1, 0.15) is 18.5 Å². The Balaban J connectivity index is 1.22. The van der Waals surface area contributed by atoms with E-state index in [9.17, 15) is 19.2 Å². The number of carbonyl (C=O) groups is 4. The second-order valence-electron chi connectivity index (χ2n) is 10.6. The summed E-state index contributed by atoms with van der Waals surface area (Å²) in [6.07, 6.45) is 6.44. The van der Waals surface area contributed by atoms with Gasteiger partial charge in [0.05, 0.1) is 30.8 Å². The summed E-state index contributed by atoms with van der Waals surface area (Å²) in [4.78, 5) is 56.1. The van der Waals surface area contributed by atoms with Crippen LogP contribution in [0.5, 0.6) is 5.75 Å². The third-order valence-corrected chi connectivity index (χ3v) is 9.26. The second kappa shape index (κ2) is 6.93. The van der Waals surface area contributed by atoms with Gasteiger partial charge >= 0.3 is 5.97 Å². The van der Waals surface area contributed by atoms with Gasteiger partial charge in [0.25, 0.3) is 0 Å². The van der Waals surface area contributed by atoms with Crippen LogP contribution >= 0.6 is 0 Å². The maximum Gasteiger partial charge on any atom is 0.310 e. The zero-order valence-electron chi connectivity index (χ0n) is 18.8. The summed E-state index contributed by atoms with van der Waals surface area (Å²) in [5, 5.41) is 0. The van der Waals surface area contributed by atoms with E-state index in [1.54, 1.807) is 31.4 Å². The van der Waals surface area contributed by atoms with Gasteiger partial charge < -0.3 is 9.47 Å². The Labute approximate surface area is 196 Å². The van der Waals surface area contributed by atoms with Crippen molar-refractivity contribution in [1.29, 1.82) is 0 Å². The summed E-state index contributed by atoms with van der Waals surface area (Å²) in [6, 6.07) is 7.03. The van der Waals surface area contributed by atoms with E-state index in [0.717, 1.165) is 12.8 Å². The highest BCUT2D eigenvalue weighted by Gasteiger charge is 2.65. The predicted octanol–water partition coefficient (Wildman–Crippen LogP) is 1.99. The molecule has 7 rings (SSSR count). The zero-order chi connectivity index (χ0) is 23.3. The van der Waals surface area contributed by atoms with Crippen molar-refractivity contribution in [3.05, 3.63) is 36.4 Å². The third-order valence-electron chi connectivity index (χ3n) is 9.26. The molecule has 3 amide bonds. The fourth-order valence-corrected chi connectivity index (χ4v) is 7.81. The first-order valence-corrected chi connectivity index (χ1v) is 12.2. The Morgan fingerprint density at radius 3 is 2.32 bits per heavy atom. The number of anilines is 1. The topological polar surface area (TPSA) is 93.2 Å². The first-order valence-electron chi connectivity index (χ1n) is 12.2. The van der Waals surface area contributed by atoms with Crippen molar-refractivity contribution < 1.29 is 28.7 Å². The fraction of sp³-hybridized carbons (Fsp3) is 0.538. The Hall–Kier alpha value is -3.16. The number of benzene rings is 1. The molecule has 2 heterocycles. The number of esters is 1. The molecular formula is C26H26N2O6. The number of amides is 3. The largest absolute Gasteiger partial charge is 0.497 e. The molecule has 34 heavy (non-hydrogen) atoms. The molecule has 2 aliphatic heterocycles. The summed E-state index contributed by atoms with van der Waals surface area (Å²) in [5.41, 5.74) is 0.579. The van der Waals surface area contributed by atoms with Crippen LogP contribution in [0.1, 0.15) is 19.3 Å². The molecule has 4 bridgehead atoms. The van der Waals surface area contributed by atoms with Crippen molar-refractivity contribution in [3.63, 3.8) is 0 Å². The molecule has 6 aliphatic rings. The monoisotopic (exact) mass is 462 g/mol. The first kappa shape index (κ1) is 20.2. The van der Waals surface area contributed by atoms with E-state index in [2.05, 4.69) is 12.2 Å². The van der Waals surface area contributed by atoms with Crippen molar-refractivity contribution in [2.75, 3.05) is 18.7 Å². The van der Waals surface area contributed by atoms with E-state index in [4.69, 9.17) is 9.47 Å².